The van der Waals surface area contributed by atoms with Gasteiger partial charge in [-0.1, -0.05) is 68.2 Å². The molecule has 0 nitrogen and oxygen atoms in total. The molecule has 0 fully saturated rings. The zero-order chi connectivity index (χ0) is 19.0. The van der Waals surface area contributed by atoms with Crippen molar-refractivity contribution in [2.45, 2.75) is 81.1 Å². The normalized spacial score (nSPS) is 14.4. The van der Waals surface area contributed by atoms with E-state index in [1.165, 1.54) is 35.1 Å². The Balaban J connectivity index is -0.000000102. The van der Waals surface area contributed by atoms with Crippen LogP contribution in [0.1, 0.15) is 81.1 Å². The second-order valence-electron chi connectivity index (χ2n) is 8.35. The van der Waals surface area contributed by atoms with Crippen LogP contribution in [0, 0.1) is 37.8 Å². The zero-order valence-corrected chi connectivity index (χ0v) is 24.6. The molecular weight excluding hydrogens is 435 g/mol. The molecule has 0 bridgehead atoms. The molecule has 0 spiro atoms. The van der Waals surface area contributed by atoms with E-state index in [9.17, 15) is 0 Å². The van der Waals surface area contributed by atoms with Gasteiger partial charge in [0, 0.05) is 0 Å². The summed E-state index contributed by atoms with van der Waals surface area (Å²) in [4.78, 5) is 0. The Morgan fingerprint density at radius 3 is 1.11 bits per heavy atom. The Morgan fingerprint density at radius 2 is 1.00 bits per heavy atom. The average Bonchev–Trinajstić information content (AvgIpc) is 3.18. The fourth-order valence-corrected chi connectivity index (χ4v) is 2.45. The van der Waals surface area contributed by atoms with Crippen molar-refractivity contribution >= 4 is 32.4 Å². The van der Waals surface area contributed by atoms with E-state index >= 15 is 0 Å². The van der Waals surface area contributed by atoms with E-state index in [-0.39, 0.29) is 50.5 Å². The van der Waals surface area contributed by atoms with Crippen molar-refractivity contribution in [3.8, 4) is 0 Å². The van der Waals surface area contributed by atoms with Gasteiger partial charge in [-0.05, 0) is 10.8 Å². The van der Waals surface area contributed by atoms with E-state index in [2.05, 4.69) is 79.7 Å². The summed E-state index contributed by atoms with van der Waals surface area (Å²) in [6.45, 7) is 17.9. The minimum atomic E-state index is 0. The van der Waals surface area contributed by atoms with Gasteiger partial charge in [0.05, 0.1) is 0 Å². The summed E-state index contributed by atoms with van der Waals surface area (Å²) in [6, 6.07) is 0. The molecule has 0 aromatic rings. The summed E-state index contributed by atoms with van der Waals surface area (Å²) in [5.74, 6) is 0. The van der Waals surface area contributed by atoms with E-state index in [1.54, 1.807) is 0 Å². The quantitative estimate of drug-likeness (QED) is 0.280. The van der Waals surface area contributed by atoms with Crippen LogP contribution in [0.25, 0.3) is 0 Å². The van der Waals surface area contributed by atoms with Gasteiger partial charge in [-0.3, -0.25) is 12.2 Å². The van der Waals surface area contributed by atoms with Crippen LogP contribution >= 0.6 is 24.8 Å². The van der Waals surface area contributed by atoms with Crippen molar-refractivity contribution in [2.24, 2.45) is 10.8 Å². The van der Waals surface area contributed by atoms with E-state index in [1.807, 2.05) is 26.8 Å². The van der Waals surface area contributed by atoms with Crippen LogP contribution in [0.4, 0.5) is 0 Å². The average molecular weight is 479 g/mol. The standard InChI is InChI=1S/2C11H17.2CH3.2ClH.H2Si.Ti/c2*1-5-9-6-7-10(8-9)11(2,3)4;;;;;;/h2*8H,5-6H2,1-4H3;2*1H3;2*1H;1H2;/q4*-1;;;;. The molecule has 0 N–H and O–H groups in total. The van der Waals surface area contributed by atoms with Crippen molar-refractivity contribution in [2.75, 3.05) is 0 Å². The Labute approximate surface area is 204 Å². The maximum absolute atomic E-state index is 3.42. The first-order valence-electron chi connectivity index (χ1n) is 9.04. The Kier molecular flexibility index (Phi) is 25.4. The molecule has 0 radical (unpaired) electrons. The fraction of sp³-hybridized carbons (Fsp3) is 0.583. The summed E-state index contributed by atoms with van der Waals surface area (Å²) in [5, 5.41) is 0. The van der Waals surface area contributed by atoms with Gasteiger partial charge in [0.2, 0.25) is 0 Å². The van der Waals surface area contributed by atoms with Crippen LogP contribution in [0.3, 0.4) is 0 Å². The van der Waals surface area contributed by atoms with Crippen molar-refractivity contribution in [3.63, 3.8) is 0 Å². The first-order chi connectivity index (χ1) is 11.1. The van der Waals surface area contributed by atoms with Crippen LogP contribution < -0.4 is 0 Å². The molecule has 0 amide bonds. The van der Waals surface area contributed by atoms with Gasteiger partial charge >= 0.3 is 26.8 Å². The van der Waals surface area contributed by atoms with Gasteiger partial charge in [0.25, 0.3) is 0 Å². The summed E-state index contributed by atoms with van der Waals surface area (Å²) < 4.78 is 0. The van der Waals surface area contributed by atoms with E-state index in [0.717, 1.165) is 12.8 Å². The molecule has 0 heterocycles. The molecule has 0 unspecified atom stereocenters. The van der Waals surface area contributed by atoms with Gasteiger partial charge in [-0.15, -0.1) is 37.7 Å². The predicted molar refractivity (Wildman–Crippen MR) is 134 cm³/mol. The monoisotopic (exact) mass is 478 g/mol. The third-order valence-electron chi connectivity index (χ3n) is 4.23. The molecule has 2 rings (SSSR count). The molecule has 4 heteroatoms. The number of hydrogen-bond donors (Lipinski definition) is 0. The number of halogens is 2. The molecular formula is C24H44Cl2SiTi-4. The summed E-state index contributed by atoms with van der Waals surface area (Å²) in [6.07, 6.45) is 15.9. The van der Waals surface area contributed by atoms with E-state index in [0.29, 0.717) is 0 Å². The molecule has 2 aliphatic rings. The van der Waals surface area contributed by atoms with Crippen LogP contribution in [0.5, 0.6) is 0 Å². The molecule has 0 atom stereocenters. The maximum atomic E-state index is 3.42. The molecule has 0 saturated carbocycles. The molecule has 2 aliphatic carbocycles. The summed E-state index contributed by atoms with van der Waals surface area (Å²) in [5.41, 5.74) is 6.39. The van der Waals surface area contributed by atoms with Gasteiger partial charge in [0.1, 0.15) is 0 Å². The molecule has 28 heavy (non-hydrogen) atoms. The predicted octanol–water partition coefficient (Wildman–Crippen LogP) is 7.83. The van der Waals surface area contributed by atoms with Crippen LogP contribution in [0.2, 0.25) is 0 Å². The third kappa shape index (κ3) is 14.5. The van der Waals surface area contributed by atoms with Crippen LogP contribution in [0.15, 0.2) is 34.4 Å². The van der Waals surface area contributed by atoms with Gasteiger partial charge in [-0.2, -0.15) is 11.1 Å². The molecule has 0 aromatic carbocycles. The SMILES string of the molecule is CCC1=CC(C(C)(C)C)=[C-]C1.CCC1=CC(C(C)(C)C)=[C-]C1.Cl.Cl.[CH3-].[CH3-].[SiH2]=[Ti]. The molecule has 0 aliphatic heterocycles. The minimum absolute atomic E-state index is 0. The Bertz CT molecular complexity index is 482. The topological polar surface area (TPSA) is 0 Å². The summed E-state index contributed by atoms with van der Waals surface area (Å²) in [7, 11) is 1.86. The Morgan fingerprint density at radius 1 is 0.750 bits per heavy atom. The second kappa shape index (κ2) is 18.3. The van der Waals surface area contributed by atoms with Gasteiger partial charge < -0.3 is 14.9 Å². The van der Waals surface area contributed by atoms with Gasteiger partial charge in [0.15, 0.2) is 0 Å². The second-order valence-corrected chi connectivity index (χ2v) is 8.35. The van der Waals surface area contributed by atoms with Crippen LogP contribution in [-0.2, 0) is 19.2 Å². The zero-order valence-electron chi connectivity index (χ0n) is 20.0. The molecule has 0 saturated heterocycles. The fourth-order valence-electron chi connectivity index (χ4n) is 2.45. The van der Waals surface area contributed by atoms with Crippen LogP contribution in [-0.4, -0.2) is 7.63 Å². The van der Waals surface area contributed by atoms with E-state index < -0.39 is 0 Å². The van der Waals surface area contributed by atoms with Crippen molar-refractivity contribution in [3.05, 3.63) is 61.4 Å². The van der Waals surface area contributed by atoms with Gasteiger partial charge in [-0.25, -0.2) is 23.3 Å². The van der Waals surface area contributed by atoms with E-state index in [4.69, 9.17) is 0 Å². The van der Waals surface area contributed by atoms with Crippen molar-refractivity contribution in [1.29, 1.82) is 0 Å². The number of hydrogen-bond acceptors (Lipinski definition) is 0. The van der Waals surface area contributed by atoms with Crippen molar-refractivity contribution in [1.82, 2.24) is 0 Å². The molecule has 166 valence electrons. The number of allylic oxidation sites excluding steroid dienone is 8. The first kappa shape index (κ1) is 39.0. The summed E-state index contributed by atoms with van der Waals surface area (Å²) >= 11 is 2.03. The van der Waals surface area contributed by atoms with Crippen molar-refractivity contribution < 1.29 is 19.2 Å². The number of rotatable bonds is 2. The molecule has 0 aromatic heterocycles. The Hall–Kier alpha value is 0.471. The first-order valence-corrected chi connectivity index (χ1v) is 13.1. The third-order valence-corrected chi connectivity index (χ3v) is 4.23.